The molecule has 1 heterocycles. The van der Waals surface area contributed by atoms with Gasteiger partial charge in [-0.3, -0.25) is 4.90 Å². The molecular formula is C28H34N2O3S. The molecule has 0 aromatic heterocycles. The predicted octanol–water partition coefficient (Wildman–Crippen LogP) is 4.95. The molecule has 5 nitrogen and oxygen atoms in total. The van der Waals surface area contributed by atoms with Crippen molar-refractivity contribution >= 4 is 9.84 Å². The Labute approximate surface area is 203 Å². The van der Waals surface area contributed by atoms with Crippen molar-refractivity contribution in [3.63, 3.8) is 0 Å². The maximum absolute atomic E-state index is 13.4. The van der Waals surface area contributed by atoms with Crippen molar-refractivity contribution in [1.82, 2.24) is 10.4 Å². The quantitative estimate of drug-likeness (QED) is 0.441. The fraction of sp³-hybridized carbons (Fsp3) is 0.357. The Hall–Kier alpha value is -2.51. The van der Waals surface area contributed by atoms with Gasteiger partial charge in [0, 0.05) is 12.6 Å². The summed E-state index contributed by atoms with van der Waals surface area (Å²) < 4.78 is 26.8. The molecule has 0 spiro atoms. The van der Waals surface area contributed by atoms with E-state index < -0.39 is 15.4 Å². The lowest BCUT2D eigenvalue weighted by atomic mass is 9.72. The van der Waals surface area contributed by atoms with Crippen LogP contribution in [0.2, 0.25) is 0 Å². The Kier molecular flexibility index (Phi) is 7.84. The van der Waals surface area contributed by atoms with Gasteiger partial charge in [0.2, 0.25) is 0 Å². The maximum Gasteiger partial charge on any atom is 0.178 e. The Bertz CT molecular complexity index is 1140. The van der Waals surface area contributed by atoms with E-state index in [1.54, 1.807) is 31.4 Å². The predicted molar refractivity (Wildman–Crippen MR) is 136 cm³/mol. The molecule has 0 radical (unpaired) electrons. The van der Waals surface area contributed by atoms with E-state index in [2.05, 4.69) is 53.7 Å². The van der Waals surface area contributed by atoms with Gasteiger partial charge in [-0.1, -0.05) is 78.9 Å². The lowest BCUT2D eigenvalue weighted by Gasteiger charge is -2.55. The summed E-state index contributed by atoms with van der Waals surface area (Å²) in [6.07, 6.45) is 2.33. The molecule has 180 valence electrons. The molecule has 6 heteroatoms. The molecule has 34 heavy (non-hydrogen) atoms. The summed E-state index contributed by atoms with van der Waals surface area (Å²) in [6, 6.07) is 29.7. The molecule has 1 aliphatic rings. The zero-order valence-electron chi connectivity index (χ0n) is 19.9. The van der Waals surface area contributed by atoms with Crippen molar-refractivity contribution in [3.05, 3.63) is 102 Å². The maximum atomic E-state index is 13.4. The summed E-state index contributed by atoms with van der Waals surface area (Å²) in [7, 11) is -1.82. The van der Waals surface area contributed by atoms with Gasteiger partial charge in [0.15, 0.2) is 9.84 Å². The van der Waals surface area contributed by atoms with Crippen LogP contribution >= 0.6 is 0 Å². The third-order valence-corrected chi connectivity index (χ3v) is 8.81. The summed E-state index contributed by atoms with van der Waals surface area (Å²) in [6.45, 7) is 2.97. The fourth-order valence-corrected chi connectivity index (χ4v) is 6.75. The van der Waals surface area contributed by atoms with Crippen molar-refractivity contribution in [2.45, 2.75) is 55.2 Å². The topological polar surface area (TPSA) is 58.6 Å². The van der Waals surface area contributed by atoms with Crippen molar-refractivity contribution in [3.8, 4) is 0 Å². The van der Waals surface area contributed by atoms with E-state index in [1.165, 1.54) is 5.56 Å². The lowest BCUT2D eigenvalue weighted by molar-refractivity contribution is -0.0835. The molecule has 0 bridgehead atoms. The van der Waals surface area contributed by atoms with E-state index in [0.29, 0.717) is 11.3 Å². The van der Waals surface area contributed by atoms with Gasteiger partial charge >= 0.3 is 0 Å². The van der Waals surface area contributed by atoms with Gasteiger partial charge in [0.25, 0.3) is 0 Å². The number of hydroxylamine groups is 1. The zero-order valence-corrected chi connectivity index (χ0v) is 20.7. The molecule has 0 saturated carbocycles. The number of sulfone groups is 1. The van der Waals surface area contributed by atoms with Crippen molar-refractivity contribution < 1.29 is 13.3 Å². The van der Waals surface area contributed by atoms with Crippen LogP contribution < -0.4 is 5.48 Å². The first-order valence-electron chi connectivity index (χ1n) is 11.9. The summed E-state index contributed by atoms with van der Waals surface area (Å²) in [5.74, 6) is 0.0474. The highest BCUT2D eigenvalue weighted by Crippen LogP contribution is 2.45. The van der Waals surface area contributed by atoms with Gasteiger partial charge in [-0.25, -0.2) is 8.42 Å². The Balaban J connectivity index is 1.80. The van der Waals surface area contributed by atoms with Crippen LogP contribution in [0.25, 0.3) is 0 Å². The number of nitrogens with zero attached hydrogens (tertiary/aromatic N) is 1. The molecule has 3 aromatic rings. The summed E-state index contributed by atoms with van der Waals surface area (Å²) >= 11 is 0. The SMILES string of the molecule is CONC1CCC(C)N(Cc2ccccc2)C1(CCS(=O)(=O)c1ccccc1)c1ccccc1. The monoisotopic (exact) mass is 478 g/mol. The van der Waals surface area contributed by atoms with Gasteiger partial charge in [-0.15, -0.1) is 0 Å². The normalized spacial score (nSPS) is 23.6. The number of hydrogen-bond donors (Lipinski definition) is 1. The van der Waals surface area contributed by atoms with Crippen LogP contribution in [0.3, 0.4) is 0 Å². The highest BCUT2D eigenvalue weighted by Gasteiger charge is 2.50. The van der Waals surface area contributed by atoms with E-state index in [9.17, 15) is 8.42 Å². The van der Waals surface area contributed by atoms with E-state index in [1.807, 2.05) is 30.3 Å². The number of nitrogens with one attached hydrogen (secondary N) is 1. The van der Waals surface area contributed by atoms with Crippen LogP contribution in [0, 0.1) is 0 Å². The molecule has 3 unspecified atom stereocenters. The largest absolute Gasteiger partial charge is 0.305 e. The standard InChI is InChI=1S/C28H34N2O3S/c1-23-18-19-27(29-33-2)28(25-14-8-4-9-15-25,30(23)22-24-12-6-3-7-13-24)20-21-34(31,32)26-16-10-5-11-17-26/h3-17,23,27,29H,18-22H2,1-2H3. The van der Waals surface area contributed by atoms with Gasteiger partial charge < -0.3 is 4.84 Å². The molecule has 0 amide bonds. The molecule has 1 aliphatic heterocycles. The molecule has 3 aromatic carbocycles. The van der Waals surface area contributed by atoms with Crippen molar-refractivity contribution in [1.29, 1.82) is 0 Å². The number of piperidine rings is 1. The minimum Gasteiger partial charge on any atom is -0.305 e. The molecule has 0 aliphatic carbocycles. The number of hydrogen-bond acceptors (Lipinski definition) is 5. The first kappa shape index (κ1) is 24.6. The van der Waals surface area contributed by atoms with Gasteiger partial charge in [-0.2, -0.15) is 5.48 Å². The van der Waals surface area contributed by atoms with Crippen LogP contribution in [0.4, 0.5) is 0 Å². The molecule has 1 N–H and O–H groups in total. The average molecular weight is 479 g/mol. The Morgan fingerprint density at radius 1 is 0.912 bits per heavy atom. The number of rotatable bonds is 9. The van der Waals surface area contributed by atoms with Gasteiger partial charge in [-0.05, 0) is 49.4 Å². The van der Waals surface area contributed by atoms with E-state index in [-0.39, 0.29) is 17.8 Å². The lowest BCUT2D eigenvalue weighted by Crippen LogP contribution is -2.64. The van der Waals surface area contributed by atoms with Gasteiger partial charge in [0.1, 0.15) is 0 Å². The molecular weight excluding hydrogens is 444 g/mol. The average Bonchev–Trinajstić information content (AvgIpc) is 2.87. The summed E-state index contributed by atoms with van der Waals surface area (Å²) in [4.78, 5) is 8.34. The van der Waals surface area contributed by atoms with Crippen LogP contribution in [-0.4, -0.2) is 38.3 Å². The second kappa shape index (κ2) is 10.8. The van der Waals surface area contributed by atoms with Crippen molar-refractivity contribution in [2.75, 3.05) is 12.9 Å². The van der Waals surface area contributed by atoms with Crippen LogP contribution in [0.1, 0.15) is 37.3 Å². The van der Waals surface area contributed by atoms with Crippen LogP contribution in [0.5, 0.6) is 0 Å². The van der Waals surface area contributed by atoms with E-state index >= 15 is 0 Å². The molecule has 3 atom stereocenters. The minimum absolute atomic E-state index is 0.0474. The van der Waals surface area contributed by atoms with Gasteiger partial charge in [0.05, 0.1) is 29.3 Å². The second-order valence-electron chi connectivity index (χ2n) is 9.09. The smallest absolute Gasteiger partial charge is 0.178 e. The minimum atomic E-state index is -3.45. The Morgan fingerprint density at radius 2 is 1.50 bits per heavy atom. The summed E-state index contributed by atoms with van der Waals surface area (Å²) in [5.41, 5.74) is 5.00. The fourth-order valence-electron chi connectivity index (χ4n) is 5.36. The molecule has 4 rings (SSSR count). The first-order valence-corrected chi connectivity index (χ1v) is 13.5. The number of benzene rings is 3. The van der Waals surface area contributed by atoms with Crippen LogP contribution in [0.15, 0.2) is 95.9 Å². The van der Waals surface area contributed by atoms with Crippen LogP contribution in [-0.2, 0) is 26.8 Å². The first-order chi connectivity index (χ1) is 16.5. The molecule has 1 fully saturated rings. The third kappa shape index (κ3) is 5.10. The Morgan fingerprint density at radius 3 is 2.12 bits per heavy atom. The molecule has 1 saturated heterocycles. The zero-order chi connectivity index (χ0) is 24.0. The highest BCUT2D eigenvalue weighted by molar-refractivity contribution is 7.91. The van der Waals surface area contributed by atoms with E-state index in [4.69, 9.17) is 4.84 Å². The number of likely N-dealkylation sites (tertiary alicyclic amines) is 1. The second-order valence-corrected chi connectivity index (χ2v) is 11.2. The summed E-state index contributed by atoms with van der Waals surface area (Å²) in [5, 5.41) is 0. The third-order valence-electron chi connectivity index (χ3n) is 7.08. The van der Waals surface area contributed by atoms with E-state index in [0.717, 1.165) is 24.9 Å². The highest BCUT2D eigenvalue weighted by atomic mass is 32.2. The van der Waals surface area contributed by atoms with Crippen molar-refractivity contribution in [2.24, 2.45) is 0 Å².